The van der Waals surface area contributed by atoms with Crippen LogP contribution in [0.4, 0.5) is 5.69 Å². The number of aryl methyl sites for hydroxylation is 3. The number of hydrogen-bond acceptors (Lipinski definition) is 3. The summed E-state index contributed by atoms with van der Waals surface area (Å²) in [4.78, 5) is 17.3. The minimum Gasteiger partial charge on any atom is -0.436 e. The molecule has 0 fully saturated rings. The standard InChI is InChI=1S/C25H24N2O2/c1-4-17-7-11-19(12-8-17)24(28)26-21-15-20(10-6-16(21)3)25-27-22-14-18(5-2)9-13-23(22)29-25/h6-15H,4-5H2,1-3H3,(H,26,28). The molecule has 0 unspecified atom stereocenters. The molecule has 0 aliphatic carbocycles. The Hall–Kier alpha value is -3.40. The largest absolute Gasteiger partial charge is 0.436 e. The summed E-state index contributed by atoms with van der Waals surface area (Å²) in [6, 6.07) is 19.6. The number of amides is 1. The Labute approximate surface area is 170 Å². The lowest BCUT2D eigenvalue weighted by Gasteiger charge is -2.10. The quantitative estimate of drug-likeness (QED) is 0.447. The number of anilines is 1. The van der Waals surface area contributed by atoms with Crippen molar-refractivity contribution in [3.8, 4) is 11.5 Å². The summed E-state index contributed by atoms with van der Waals surface area (Å²) in [7, 11) is 0. The van der Waals surface area contributed by atoms with Gasteiger partial charge in [0.1, 0.15) is 5.52 Å². The van der Waals surface area contributed by atoms with Crippen LogP contribution in [0.2, 0.25) is 0 Å². The molecule has 0 saturated heterocycles. The number of carbonyl (C=O) groups excluding carboxylic acids is 1. The Kier molecular flexibility index (Phi) is 5.17. The Balaban J connectivity index is 1.62. The molecule has 4 nitrogen and oxygen atoms in total. The highest BCUT2D eigenvalue weighted by Gasteiger charge is 2.13. The van der Waals surface area contributed by atoms with E-state index in [1.54, 1.807) is 0 Å². The van der Waals surface area contributed by atoms with Crippen LogP contribution in [0.5, 0.6) is 0 Å². The van der Waals surface area contributed by atoms with Crippen LogP contribution in [0.3, 0.4) is 0 Å². The van der Waals surface area contributed by atoms with Gasteiger partial charge in [-0.2, -0.15) is 0 Å². The lowest BCUT2D eigenvalue weighted by Crippen LogP contribution is -2.12. The van der Waals surface area contributed by atoms with Crippen LogP contribution in [-0.2, 0) is 12.8 Å². The van der Waals surface area contributed by atoms with E-state index in [1.807, 2.05) is 55.5 Å². The second-order valence-electron chi connectivity index (χ2n) is 7.21. The first-order valence-corrected chi connectivity index (χ1v) is 9.98. The van der Waals surface area contributed by atoms with Crippen LogP contribution in [0.15, 0.2) is 65.1 Å². The summed E-state index contributed by atoms with van der Waals surface area (Å²) in [6.45, 7) is 6.19. The van der Waals surface area contributed by atoms with Crippen molar-refractivity contribution in [1.82, 2.24) is 4.98 Å². The molecule has 4 rings (SSSR count). The Morgan fingerprint density at radius 1 is 0.931 bits per heavy atom. The number of carbonyl (C=O) groups is 1. The molecule has 4 aromatic rings. The van der Waals surface area contributed by atoms with Crippen molar-refractivity contribution in [3.05, 3.63) is 82.9 Å². The highest BCUT2D eigenvalue weighted by molar-refractivity contribution is 6.05. The zero-order chi connectivity index (χ0) is 20.4. The molecule has 4 heteroatoms. The van der Waals surface area contributed by atoms with Crippen LogP contribution in [-0.4, -0.2) is 10.9 Å². The predicted octanol–water partition coefficient (Wildman–Crippen LogP) is 6.18. The minimum absolute atomic E-state index is 0.127. The van der Waals surface area contributed by atoms with Crippen LogP contribution >= 0.6 is 0 Å². The van der Waals surface area contributed by atoms with Gasteiger partial charge in [0.15, 0.2) is 5.58 Å². The molecule has 1 aromatic heterocycles. The number of oxazole rings is 1. The van der Waals surface area contributed by atoms with E-state index in [1.165, 1.54) is 11.1 Å². The van der Waals surface area contributed by atoms with Crippen molar-refractivity contribution < 1.29 is 9.21 Å². The summed E-state index contributed by atoms with van der Waals surface area (Å²) in [5.41, 5.74) is 7.26. The van der Waals surface area contributed by atoms with Crippen LogP contribution < -0.4 is 5.32 Å². The van der Waals surface area contributed by atoms with E-state index in [2.05, 4.69) is 36.3 Å². The molecular formula is C25H24N2O2. The molecule has 0 aliphatic rings. The fourth-order valence-electron chi connectivity index (χ4n) is 3.29. The second kappa shape index (κ2) is 7.92. The van der Waals surface area contributed by atoms with Gasteiger partial charge in [0.2, 0.25) is 5.89 Å². The van der Waals surface area contributed by atoms with Crippen LogP contribution in [0.1, 0.15) is 40.9 Å². The molecule has 1 N–H and O–H groups in total. The van der Waals surface area contributed by atoms with E-state index in [0.29, 0.717) is 11.5 Å². The molecule has 1 heterocycles. The Bertz CT molecular complexity index is 1170. The van der Waals surface area contributed by atoms with Gasteiger partial charge in [-0.3, -0.25) is 4.79 Å². The van der Waals surface area contributed by atoms with Crippen molar-refractivity contribution in [2.75, 3.05) is 5.32 Å². The number of aromatic nitrogens is 1. The summed E-state index contributed by atoms with van der Waals surface area (Å²) < 4.78 is 5.94. The van der Waals surface area contributed by atoms with Gasteiger partial charge in [-0.25, -0.2) is 4.98 Å². The summed E-state index contributed by atoms with van der Waals surface area (Å²) in [5, 5.41) is 3.02. The van der Waals surface area contributed by atoms with Crippen molar-refractivity contribution in [3.63, 3.8) is 0 Å². The Morgan fingerprint density at radius 3 is 2.38 bits per heavy atom. The van der Waals surface area contributed by atoms with E-state index < -0.39 is 0 Å². The van der Waals surface area contributed by atoms with Gasteiger partial charge in [-0.05, 0) is 72.9 Å². The van der Waals surface area contributed by atoms with Gasteiger partial charge in [-0.15, -0.1) is 0 Å². The maximum atomic E-state index is 12.7. The number of fused-ring (bicyclic) bond motifs is 1. The lowest BCUT2D eigenvalue weighted by atomic mass is 10.1. The zero-order valence-corrected chi connectivity index (χ0v) is 17.0. The Morgan fingerprint density at radius 2 is 1.66 bits per heavy atom. The third kappa shape index (κ3) is 3.92. The first kappa shape index (κ1) is 18.9. The molecule has 3 aromatic carbocycles. The van der Waals surface area contributed by atoms with E-state index in [0.717, 1.165) is 40.8 Å². The van der Waals surface area contributed by atoms with E-state index in [-0.39, 0.29) is 5.91 Å². The van der Waals surface area contributed by atoms with Crippen molar-refractivity contribution in [2.24, 2.45) is 0 Å². The summed E-state index contributed by atoms with van der Waals surface area (Å²) >= 11 is 0. The topological polar surface area (TPSA) is 55.1 Å². The second-order valence-corrected chi connectivity index (χ2v) is 7.21. The highest BCUT2D eigenvalue weighted by atomic mass is 16.3. The molecule has 146 valence electrons. The molecule has 0 radical (unpaired) electrons. The van der Waals surface area contributed by atoms with Crippen molar-refractivity contribution in [2.45, 2.75) is 33.6 Å². The van der Waals surface area contributed by atoms with E-state index in [9.17, 15) is 4.79 Å². The predicted molar refractivity (Wildman–Crippen MR) is 117 cm³/mol. The molecule has 1 amide bonds. The lowest BCUT2D eigenvalue weighted by molar-refractivity contribution is 0.102. The molecule has 29 heavy (non-hydrogen) atoms. The first-order chi connectivity index (χ1) is 14.1. The van der Waals surface area contributed by atoms with Crippen molar-refractivity contribution >= 4 is 22.7 Å². The SMILES string of the molecule is CCc1ccc(C(=O)Nc2cc(-c3nc4cc(CC)ccc4o3)ccc2C)cc1. The molecule has 0 bridgehead atoms. The third-order valence-electron chi connectivity index (χ3n) is 5.22. The fourth-order valence-corrected chi connectivity index (χ4v) is 3.29. The number of rotatable bonds is 5. The van der Waals surface area contributed by atoms with E-state index in [4.69, 9.17) is 4.42 Å². The van der Waals surface area contributed by atoms with Gasteiger partial charge < -0.3 is 9.73 Å². The van der Waals surface area contributed by atoms with Gasteiger partial charge in [0.05, 0.1) is 0 Å². The van der Waals surface area contributed by atoms with E-state index >= 15 is 0 Å². The van der Waals surface area contributed by atoms with Crippen LogP contribution in [0, 0.1) is 6.92 Å². The number of hydrogen-bond donors (Lipinski definition) is 1. The first-order valence-electron chi connectivity index (χ1n) is 9.98. The van der Waals surface area contributed by atoms with Crippen LogP contribution in [0.25, 0.3) is 22.6 Å². The molecule has 0 atom stereocenters. The monoisotopic (exact) mass is 384 g/mol. The molecule has 0 spiro atoms. The smallest absolute Gasteiger partial charge is 0.255 e. The number of nitrogens with zero attached hydrogens (tertiary/aromatic N) is 1. The van der Waals surface area contributed by atoms with Gasteiger partial charge in [-0.1, -0.05) is 38.1 Å². The molecule has 0 aliphatic heterocycles. The maximum Gasteiger partial charge on any atom is 0.255 e. The number of nitrogens with one attached hydrogen (secondary N) is 1. The van der Waals surface area contributed by atoms with Gasteiger partial charge in [0.25, 0.3) is 5.91 Å². The average molecular weight is 384 g/mol. The third-order valence-corrected chi connectivity index (χ3v) is 5.22. The summed E-state index contributed by atoms with van der Waals surface area (Å²) in [6.07, 6.45) is 1.91. The molecular weight excluding hydrogens is 360 g/mol. The normalized spacial score (nSPS) is 11.0. The average Bonchev–Trinajstić information content (AvgIpc) is 3.18. The summed E-state index contributed by atoms with van der Waals surface area (Å²) in [5.74, 6) is 0.425. The van der Waals surface area contributed by atoms with Gasteiger partial charge >= 0.3 is 0 Å². The maximum absolute atomic E-state index is 12.7. The zero-order valence-electron chi connectivity index (χ0n) is 17.0. The molecule has 0 saturated carbocycles. The number of benzene rings is 3. The fraction of sp³-hybridized carbons (Fsp3) is 0.200. The van der Waals surface area contributed by atoms with Gasteiger partial charge in [0, 0.05) is 16.8 Å². The van der Waals surface area contributed by atoms with Crippen molar-refractivity contribution in [1.29, 1.82) is 0 Å². The minimum atomic E-state index is -0.127. The highest BCUT2D eigenvalue weighted by Crippen LogP contribution is 2.28.